The molecule has 14 heavy (non-hydrogen) atoms. The Morgan fingerprint density at radius 3 is 2.29 bits per heavy atom. The summed E-state index contributed by atoms with van der Waals surface area (Å²) in [5.74, 6) is 0. The maximum Gasteiger partial charge on any atom is 0.0491 e. The van der Waals surface area contributed by atoms with Crippen molar-refractivity contribution in [1.29, 1.82) is 0 Å². The predicted molar refractivity (Wildman–Crippen MR) is 59.9 cm³/mol. The number of benzene rings is 1. The molecule has 3 heteroatoms. The fourth-order valence-corrected chi connectivity index (χ4v) is 1.75. The third kappa shape index (κ3) is 2.39. The van der Waals surface area contributed by atoms with Crippen molar-refractivity contribution in [2.45, 2.75) is 19.3 Å². The number of hydrogen-bond donors (Lipinski definition) is 2. The maximum atomic E-state index is 5.62. The van der Waals surface area contributed by atoms with E-state index in [2.05, 4.69) is 10.4 Å². The molecule has 1 aliphatic heterocycles. The van der Waals surface area contributed by atoms with Gasteiger partial charge in [-0.1, -0.05) is 6.42 Å². The first-order valence-electron chi connectivity index (χ1n) is 5.22. The molecule has 0 spiro atoms. The highest BCUT2D eigenvalue weighted by molar-refractivity contribution is 5.50. The minimum absolute atomic E-state index is 0.814. The second-order valence-corrected chi connectivity index (χ2v) is 3.78. The van der Waals surface area contributed by atoms with Crippen molar-refractivity contribution >= 4 is 11.4 Å². The van der Waals surface area contributed by atoms with Crippen LogP contribution in [0.15, 0.2) is 24.3 Å². The van der Waals surface area contributed by atoms with Crippen molar-refractivity contribution in [3.05, 3.63) is 24.3 Å². The SMILES string of the molecule is Nc1ccc(NN2CCCCC2)cc1. The number of nitrogen functional groups attached to an aromatic ring is 1. The minimum atomic E-state index is 0.814. The lowest BCUT2D eigenvalue weighted by Crippen LogP contribution is -2.34. The third-order valence-corrected chi connectivity index (χ3v) is 2.55. The second kappa shape index (κ2) is 4.33. The first kappa shape index (κ1) is 9.34. The number of piperidine rings is 1. The zero-order valence-corrected chi connectivity index (χ0v) is 8.37. The Morgan fingerprint density at radius 2 is 1.64 bits per heavy atom. The summed E-state index contributed by atoms with van der Waals surface area (Å²) in [7, 11) is 0. The zero-order chi connectivity index (χ0) is 9.80. The van der Waals surface area contributed by atoms with Crippen LogP contribution in [-0.2, 0) is 0 Å². The van der Waals surface area contributed by atoms with Crippen molar-refractivity contribution in [3.8, 4) is 0 Å². The summed E-state index contributed by atoms with van der Waals surface area (Å²) in [6.45, 7) is 2.29. The van der Waals surface area contributed by atoms with E-state index in [9.17, 15) is 0 Å². The number of hydrogen-bond acceptors (Lipinski definition) is 3. The number of nitrogens with one attached hydrogen (secondary N) is 1. The fraction of sp³-hybridized carbons (Fsp3) is 0.455. The average molecular weight is 191 g/mol. The van der Waals surface area contributed by atoms with Crippen LogP contribution in [0.2, 0.25) is 0 Å². The van der Waals surface area contributed by atoms with Gasteiger partial charge in [-0.25, -0.2) is 5.01 Å². The molecule has 0 radical (unpaired) electrons. The molecule has 1 aromatic carbocycles. The molecule has 1 aromatic rings. The van der Waals surface area contributed by atoms with Gasteiger partial charge in [0.1, 0.15) is 0 Å². The molecular weight excluding hydrogens is 174 g/mol. The predicted octanol–water partition coefficient (Wildman–Crippen LogP) is 2.08. The van der Waals surface area contributed by atoms with E-state index in [1.807, 2.05) is 24.3 Å². The van der Waals surface area contributed by atoms with Crippen LogP contribution in [0.25, 0.3) is 0 Å². The van der Waals surface area contributed by atoms with Crippen LogP contribution in [0.5, 0.6) is 0 Å². The van der Waals surface area contributed by atoms with Gasteiger partial charge < -0.3 is 11.2 Å². The molecule has 0 aromatic heterocycles. The van der Waals surface area contributed by atoms with Crippen molar-refractivity contribution < 1.29 is 0 Å². The van der Waals surface area contributed by atoms with Gasteiger partial charge in [-0.15, -0.1) is 0 Å². The van der Waals surface area contributed by atoms with Crippen molar-refractivity contribution in [3.63, 3.8) is 0 Å². The zero-order valence-electron chi connectivity index (χ0n) is 8.37. The Morgan fingerprint density at radius 1 is 1.00 bits per heavy atom. The van der Waals surface area contributed by atoms with E-state index in [1.54, 1.807) is 0 Å². The lowest BCUT2D eigenvalue weighted by Gasteiger charge is -2.27. The van der Waals surface area contributed by atoms with Gasteiger partial charge in [0.2, 0.25) is 0 Å². The summed E-state index contributed by atoms with van der Waals surface area (Å²) in [5.41, 5.74) is 10.9. The molecule has 0 aliphatic carbocycles. The molecule has 76 valence electrons. The fourth-order valence-electron chi connectivity index (χ4n) is 1.75. The summed E-state index contributed by atoms with van der Waals surface area (Å²) < 4.78 is 0. The van der Waals surface area contributed by atoms with E-state index in [-0.39, 0.29) is 0 Å². The standard InChI is InChI=1S/C11H17N3/c12-10-4-6-11(7-5-10)13-14-8-2-1-3-9-14/h4-7,13H,1-3,8-9,12H2. The van der Waals surface area contributed by atoms with Crippen molar-refractivity contribution in [2.24, 2.45) is 0 Å². The van der Waals surface area contributed by atoms with Crippen LogP contribution in [0, 0.1) is 0 Å². The van der Waals surface area contributed by atoms with Gasteiger partial charge in [-0.2, -0.15) is 0 Å². The number of hydrazine groups is 1. The van der Waals surface area contributed by atoms with Crippen LogP contribution in [0.4, 0.5) is 11.4 Å². The summed E-state index contributed by atoms with van der Waals surface area (Å²) in [4.78, 5) is 0. The molecule has 1 fully saturated rings. The number of nitrogens with two attached hydrogens (primary N) is 1. The van der Waals surface area contributed by atoms with E-state index < -0.39 is 0 Å². The van der Waals surface area contributed by atoms with Gasteiger partial charge in [0.05, 0.1) is 0 Å². The molecule has 0 bridgehead atoms. The molecule has 1 aliphatic rings. The second-order valence-electron chi connectivity index (χ2n) is 3.78. The van der Waals surface area contributed by atoms with Gasteiger partial charge >= 0.3 is 0 Å². The Bertz CT molecular complexity index is 275. The minimum Gasteiger partial charge on any atom is -0.399 e. The van der Waals surface area contributed by atoms with Gasteiger partial charge in [-0.05, 0) is 37.1 Å². The normalized spacial score (nSPS) is 18.0. The van der Waals surface area contributed by atoms with Crippen LogP contribution in [0.3, 0.4) is 0 Å². The van der Waals surface area contributed by atoms with Crippen LogP contribution >= 0.6 is 0 Å². The van der Waals surface area contributed by atoms with E-state index in [1.165, 1.54) is 19.3 Å². The van der Waals surface area contributed by atoms with Crippen LogP contribution in [-0.4, -0.2) is 18.1 Å². The number of anilines is 2. The van der Waals surface area contributed by atoms with Crippen molar-refractivity contribution in [1.82, 2.24) is 5.01 Å². The molecule has 1 heterocycles. The van der Waals surface area contributed by atoms with E-state index >= 15 is 0 Å². The molecule has 0 atom stereocenters. The van der Waals surface area contributed by atoms with Crippen LogP contribution < -0.4 is 11.2 Å². The van der Waals surface area contributed by atoms with Gasteiger partial charge in [0, 0.05) is 24.5 Å². The molecule has 2 rings (SSSR count). The maximum absolute atomic E-state index is 5.62. The average Bonchev–Trinajstić information content (AvgIpc) is 2.23. The molecule has 3 N–H and O–H groups in total. The first-order valence-corrected chi connectivity index (χ1v) is 5.22. The van der Waals surface area contributed by atoms with Gasteiger partial charge in [0.25, 0.3) is 0 Å². The highest BCUT2D eigenvalue weighted by atomic mass is 15.5. The quantitative estimate of drug-likeness (QED) is 0.703. The number of nitrogens with zero attached hydrogens (tertiary/aromatic N) is 1. The lowest BCUT2D eigenvalue weighted by atomic mass is 10.2. The summed E-state index contributed by atoms with van der Waals surface area (Å²) in [5, 5.41) is 2.27. The third-order valence-electron chi connectivity index (χ3n) is 2.55. The molecule has 1 saturated heterocycles. The summed E-state index contributed by atoms with van der Waals surface area (Å²) in [6.07, 6.45) is 3.95. The largest absolute Gasteiger partial charge is 0.399 e. The topological polar surface area (TPSA) is 41.3 Å². The molecule has 3 nitrogen and oxygen atoms in total. The Kier molecular flexibility index (Phi) is 2.89. The number of rotatable bonds is 2. The van der Waals surface area contributed by atoms with Gasteiger partial charge in [-0.3, -0.25) is 0 Å². The highest BCUT2D eigenvalue weighted by Gasteiger charge is 2.08. The molecular formula is C11H17N3. The smallest absolute Gasteiger partial charge is 0.0491 e. The molecule has 0 amide bonds. The monoisotopic (exact) mass is 191 g/mol. The highest BCUT2D eigenvalue weighted by Crippen LogP contribution is 2.14. The van der Waals surface area contributed by atoms with Crippen LogP contribution in [0.1, 0.15) is 19.3 Å². The Hall–Kier alpha value is -1.22. The molecule has 0 unspecified atom stereocenters. The Balaban J connectivity index is 1.92. The summed E-state index contributed by atoms with van der Waals surface area (Å²) in [6, 6.07) is 7.88. The summed E-state index contributed by atoms with van der Waals surface area (Å²) >= 11 is 0. The molecule has 0 saturated carbocycles. The van der Waals surface area contributed by atoms with E-state index in [0.29, 0.717) is 0 Å². The van der Waals surface area contributed by atoms with E-state index in [4.69, 9.17) is 5.73 Å². The van der Waals surface area contributed by atoms with E-state index in [0.717, 1.165) is 24.5 Å². The van der Waals surface area contributed by atoms with Gasteiger partial charge in [0.15, 0.2) is 0 Å². The Labute approximate surface area is 84.9 Å². The van der Waals surface area contributed by atoms with Crippen molar-refractivity contribution in [2.75, 3.05) is 24.2 Å². The first-order chi connectivity index (χ1) is 6.84. The lowest BCUT2D eigenvalue weighted by molar-refractivity contribution is 0.273.